The standard InChI is InChI=1S/C21H22F3NO5/c1-3-17(14-7-9-16(10-8-14)21(22,23)24)25-30-12-11-29-18-6-4-5-15(13-19(26)27)20(18)28-2/h3-10,25H,11-13H2,1-2H3,(H,26,27). The lowest BCUT2D eigenvalue weighted by atomic mass is 10.1. The van der Waals surface area contributed by atoms with E-state index >= 15 is 0 Å². The molecular formula is C21H22F3NO5. The molecule has 30 heavy (non-hydrogen) atoms. The molecule has 0 amide bonds. The van der Waals surface area contributed by atoms with Gasteiger partial charge in [0.05, 0.1) is 24.8 Å². The minimum Gasteiger partial charge on any atom is -0.493 e. The Kier molecular flexibility index (Phi) is 8.11. The number of benzene rings is 2. The van der Waals surface area contributed by atoms with Crippen LogP contribution in [0.25, 0.3) is 5.70 Å². The third kappa shape index (κ3) is 6.41. The van der Waals surface area contributed by atoms with Crippen LogP contribution in [0.2, 0.25) is 0 Å². The zero-order valence-corrected chi connectivity index (χ0v) is 16.5. The number of aliphatic carboxylic acids is 1. The van der Waals surface area contributed by atoms with Crippen molar-refractivity contribution in [3.63, 3.8) is 0 Å². The van der Waals surface area contributed by atoms with Crippen LogP contribution in [0.3, 0.4) is 0 Å². The summed E-state index contributed by atoms with van der Waals surface area (Å²) >= 11 is 0. The van der Waals surface area contributed by atoms with E-state index in [1.807, 2.05) is 0 Å². The molecule has 2 rings (SSSR count). The second-order valence-corrected chi connectivity index (χ2v) is 6.10. The van der Waals surface area contributed by atoms with Crippen LogP contribution in [0.1, 0.15) is 23.6 Å². The van der Waals surface area contributed by atoms with Crippen LogP contribution in [0.5, 0.6) is 11.5 Å². The van der Waals surface area contributed by atoms with Gasteiger partial charge in [-0.25, -0.2) is 0 Å². The van der Waals surface area contributed by atoms with Crippen LogP contribution in [0.4, 0.5) is 13.2 Å². The molecule has 0 radical (unpaired) electrons. The molecule has 0 unspecified atom stereocenters. The largest absolute Gasteiger partial charge is 0.493 e. The van der Waals surface area contributed by atoms with Gasteiger partial charge in [-0.2, -0.15) is 13.2 Å². The number of carbonyl (C=O) groups is 1. The second kappa shape index (κ2) is 10.5. The van der Waals surface area contributed by atoms with Crippen molar-refractivity contribution in [2.45, 2.75) is 19.5 Å². The quantitative estimate of drug-likeness (QED) is 0.437. The van der Waals surface area contributed by atoms with E-state index in [-0.39, 0.29) is 19.6 Å². The molecule has 0 aromatic heterocycles. The zero-order chi connectivity index (χ0) is 22.1. The highest BCUT2D eigenvalue weighted by Crippen LogP contribution is 2.31. The summed E-state index contributed by atoms with van der Waals surface area (Å²) in [5, 5.41) is 8.96. The minimum atomic E-state index is -4.39. The molecule has 9 heteroatoms. The average molecular weight is 425 g/mol. The van der Waals surface area contributed by atoms with E-state index in [1.165, 1.54) is 19.2 Å². The number of methoxy groups -OCH3 is 1. The molecular weight excluding hydrogens is 403 g/mol. The highest BCUT2D eigenvalue weighted by molar-refractivity contribution is 5.72. The fraction of sp³-hybridized carbons (Fsp3) is 0.286. The maximum atomic E-state index is 12.7. The summed E-state index contributed by atoms with van der Waals surface area (Å²) in [6, 6.07) is 9.66. The number of ether oxygens (including phenoxy) is 2. The molecule has 0 fully saturated rings. The van der Waals surface area contributed by atoms with Crippen molar-refractivity contribution < 1.29 is 37.4 Å². The first-order valence-corrected chi connectivity index (χ1v) is 8.98. The summed E-state index contributed by atoms with van der Waals surface area (Å²) in [6.07, 6.45) is -2.92. The van der Waals surface area contributed by atoms with Gasteiger partial charge >= 0.3 is 12.1 Å². The molecule has 162 valence electrons. The number of allylic oxidation sites excluding steroid dienone is 1. The zero-order valence-electron chi connectivity index (χ0n) is 16.5. The molecule has 0 saturated carbocycles. The van der Waals surface area contributed by atoms with Crippen molar-refractivity contribution in [1.29, 1.82) is 0 Å². The molecule has 0 bridgehead atoms. The van der Waals surface area contributed by atoms with E-state index in [2.05, 4.69) is 5.48 Å². The Morgan fingerprint density at radius 2 is 1.83 bits per heavy atom. The van der Waals surface area contributed by atoms with Gasteiger partial charge in [0.15, 0.2) is 11.5 Å². The summed E-state index contributed by atoms with van der Waals surface area (Å²) < 4.78 is 48.8. The number of para-hydroxylation sites is 1. The van der Waals surface area contributed by atoms with Gasteiger partial charge in [0.1, 0.15) is 13.2 Å². The van der Waals surface area contributed by atoms with Crippen LogP contribution < -0.4 is 15.0 Å². The van der Waals surface area contributed by atoms with Crippen molar-refractivity contribution in [1.82, 2.24) is 5.48 Å². The van der Waals surface area contributed by atoms with Gasteiger partial charge in [0, 0.05) is 5.56 Å². The minimum absolute atomic E-state index is 0.115. The van der Waals surface area contributed by atoms with Gasteiger partial charge in [0.25, 0.3) is 0 Å². The summed E-state index contributed by atoms with van der Waals surface area (Å²) in [5.41, 5.74) is 3.49. The van der Waals surface area contributed by atoms with Gasteiger partial charge in [-0.05, 0) is 30.7 Å². The van der Waals surface area contributed by atoms with Crippen molar-refractivity contribution in [3.8, 4) is 11.5 Å². The van der Waals surface area contributed by atoms with E-state index in [0.717, 1.165) is 12.1 Å². The number of carboxylic acids is 1. The number of rotatable bonds is 10. The van der Waals surface area contributed by atoms with Crippen LogP contribution in [0, 0.1) is 0 Å². The Hall–Kier alpha value is -3.20. The molecule has 0 aliphatic rings. The van der Waals surface area contributed by atoms with Crippen LogP contribution in [0.15, 0.2) is 48.5 Å². The third-order valence-electron chi connectivity index (χ3n) is 4.04. The first-order chi connectivity index (χ1) is 14.3. The van der Waals surface area contributed by atoms with E-state index in [4.69, 9.17) is 19.4 Å². The highest BCUT2D eigenvalue weighted by atomic mass is 19.4. The van der Waals surface area contributed by atoms with Crippen LogP contribution in [-0.4, -0.2) is 31.4 Å². The average Bonchev–Trinajstić information content (AvgIpc) is 2.70. The van der Waals surface area contributed by atoms with E-state index < -0.39 is 17.7 Å². The molecule has 0 atom stereocenters. The number of hydroxylamine groups is 1. The topological polar surface area (TPSA) is 77.0 Å². The fourth-order valence-electron chi connectivity index (χ4n) is 2.65. The first kappa shape index (κ1) is 23.1. The SMILES string of the molecule is CC=C(NOCCOc1cccc(CC(=O)O)c1OC)c1ccc(C(F)(F)F)cc1. The lowest BCUT2D eigenvalue weighted by molar-refractivity contribution is -0.138. The Balaban J connectivity index is 1.88. The van der Waals surface area contributed by atoms with Crippen molar-refractivity contribution in [3.05, 3.63) is 65.2 Å². The maximum absolute atomic E-state index is 12.7. The Labute approximate surface area is 171 Å². The number of alkyl halides is 3. The summed E-state index contributed by atoms with van der Waals surface area (Å²) in [5.74, 6) is -0.263. The highest BCUT2D eigenvalue weighted by Gasteiger charge is 2.30. The molecule has 2 N–H and O–H groups in total. The van der Waals surface area contributed by atoms with Crippen molar-refractivity contribution >= 4 is 11.7 Å². The van der Waals surface area contributed by atoms with Crippen molar-refractivity contribution in [2.24, 2.45) is 0 Å². The number of halogens is 3. The molecule has 2 aromatic carbocycles. The molecule has 0 saturated heterocycles. The first-order valence-electron chi connectivity index (χ1n) is 8.98. The maximum Gasteiger partial charge on any atom is 0.416 e. The number of nitrogens with one attached hydrogen (secondary N) is 1. The van der Waals surface area contributed by atoms with Gasteiger partial charge in [0.2, 0.25) is 0 Å². The Bertz CT molecular complexity index is 879. The number of hydrogen-bond acceptors (Lipinski definition) is 5. The Morgan fingerprint density at radius 1 is 1.13 bits per heavy atom. The monoisotopic (exact) mass is 425 g/mol. The Morgan fingerprint density at radius 3 is 2.40 bits per heavy atom. The number of carboxylic acid groups (broad SMARTS) is 1. The third-order valence-corrected chi connectivity index (χ3v) is 4.04. The van der Waals surface area contributed by atoms with E-state index in [9.17, 15) is 18.0 Å². The fourth-order valence-corrected chi connectivity index (χ4v) is 2.65. The van der Waals surface area contributed by atoms with E-state index in [1.54, 1.807) is 31.2 Å². The van der Waals surface area contributed by atoms with Crippen LogP contribution in [-0.2, 0) is 22.2 Å². The lowest BCUT2D eigenvalue weighted by Gasteiger charge is -2.15. The van der Waals surface area contributed by atoms with Gasteiger partial charge in [-0.15, -0.1) is 0 Å². The van der Waals surface area contributed by atoms with Gasteiger partial charge in [-0.3, -0.25) is 15.1 Å². The molecule has 0 heterocycles. The lowest BCUT2D eigenvalue weighted by Crippen LogP contribution is -2.18. The summed E-state index contributed by atoms with van der Waals surface area (Å²) in [7, 11) is 1.42. The number of hydrogen-bond donors (Lipinski definition) is 2. The predicted molar refractivity (Wildman–Crippen MR) is 104 cm³/mol. The van der Waals surface area contributed by atoms with Crippen LogP contribution >= 0.6 is 0 Å². The second-order valence-electron chi connectivity index (χ2n) is 6.10. The van der Waals surface area contributed by atoms with Gasteiger partial charge in [-0.1, -0.05) is 30.3 Å². The summed E-state index contributed by atoms with van der Waals surface area (Å²) in [6.45, 7) is 1.97. The molecule has 2 aromatic rings. The molecule has 0 aliphatic carbocycles. The predicted octanol–water partition coefficient (Wildman–Crippen LogP) is 4.30. The molecule has 0 aliphatic heterocycles. The van der Waals surface area contributed by atoms with E-state index in [0.29, 0.717) is 28.3 Å². The van der Waals surface area contributed by atoms with Crippen molar-refractivity contribution in [2.75, 3.05) is 20.3 Å². The molecule has 6 nitrogen and oxygen atoms in total. The smallest absolute Gasteiger partial charge is 0.416 e. The normalized spacial score (nSPS) is 11.8. The molecule has 0 spiro atoms. The van der Waals surface area contributed by atoms with Gasteiger partial charge < -0.3 is 14.6 Å². The summed E-state index contributed by atoms with van der Waals surface area (Å²) in [4.78, 5) is 16.3.